The van der Waals surface area contributed by atoms with Crippen LogP contribution in [0.2, 0.25) is 0 Å². The third kappa shape index (κ3) is 5.70. The molecule has 1 rings (SSSR count). The molecule has 0 bridgehead atoms. The number of primary amides is 2. The first kappa shape index (κ1) is 16.8. The summed E-state index contributed by atoms with van der Waals surface area (Å²) in [6.45, 7) is 0.703. The topological polar surface area (TPSA) is 114 Å². The largest absolute Gasteiger partial charge is 0.489 e. The fourth-order valence-electron chi connectivity index (χ4n) is 1.64. The molecule has 0 aromatic heterocycles. The number of carbonyl (C=O) groups is 2. The fraction of sp³-hybridized carbons (Fsp3) is 0.429. The van der Waals surface area contributed by atoms with Crippen LogP contribution in [0.5, 0.6) is 11.5 Å². The van der Waals surface area contributed by atoms with Crippen LogP contribution in [0, 0.1) is 0 Å². The average Bonchev–Trinajstić information content (AvgIpc) is 2.45. The molecule has 0 saturated heterocycles. The number of para-hydroxylation sites is 1. The Morgan fingerprint density at radius 3 is 2.43 bits per heavy atom. The van der Waals surface area contributed by atoms with Crippen LogP contribution in [-0.4, -0.2) is 38.7 Å². The molecule has 0 radical (unpaired) electrons. The molecular formula is C14H20N2O5. The normalized spacial score (nSPS) is 10.1. The predicted octanol–water partition coefficient (Wildman–Crippen LogP) is 0.455. The molecule has 21 heavy (non-hydrogen) atoms. The molecule has 2 amide bonds. The van der Waals surface area contributed by atoms with Gasteiger partial charge < -0.3 is 25.7 Å². The quantitative estimate of drug-likeness (QED) is 0.609. The minimum atomic E-state index is -0.633. The van der Waals surface area contributed by atoms with Crippen molar-refractivity contribution in [2.45, 2.75) is 12.8 Å². The Labute approximate surface area is 123 Å². The van der Waals surface area contributed by atoms with Gasteiger partial charge in [-0.25, -0.2) is 0 Å². The van der Waals surface area contributed by atoms with E-state index in [1.54, 1.807) is 19.2 Å². The molecule has 0 heterocycles. The molecule has 0 saturated carbocycles. The zero-order valence-electron chi connectivity index (χ0n) is 12.0. The standard InChI is InChI=1S/C14H20N2O5/c1-19-7-2-3-8-20-13-10(14(16)18)5-4-6-11(13)21-9-12(15)17/h4-6H,2-3,7-9H2,1H3,(H2,15,17)(H2,16,18). The molecule has 0 aliphatic heterocycles. The third-order valence-electron chi connectivity index (χ3n) is 2.60. The Kier molecular flexibility index (Phi) is 7.03. The lowest BCUT2D eigenvalue weighted by atomic mass is 10.1. The zero-order chi connectivity index (χ0) is 15.7. The van der Waals surface area contributed by atoms with Gasteiger partial charge in [0, 0.05) is 13.7 Å². The van der Waals surface area contributed by atoms with Crippen LogP contribution in [-0.2, 0) is 9.53 Å². The molecule has 0 aliphatic rings. The maximum atomic E-state index is 11.4. The van der Waals surface area contributed by atoms with Gasteiger partial charge in [-0.05, 0) is 25.0 Å². The number of carbonyl (C=O) groups excluding carboxylic acids is 2. The Balaban J connectivity index is 2.79. The highest BCUT2D eigenvalue weighted by atomic mass is 16.5. The fourth-order valence-corrected chi connectivity index (χ4v) is 1.64. The maximum absolute atomic E-state index is 11.4. The number of methoxy groups -OCH3 is 1. The number of ether oxygens (including phenoxy) is 3. The van der Waals surface area contributed by atoms with Crippen LogP contribution in [0.4, 0.5) is 0 Å². The maximum Gasteiger partial charge on any atom is 0.255 e. The highest BCUT2D eigenvalue weighted by molar-refractivity contribution is 5.96. The van der Waals surface area contributed by atoms with E-state index >= 15 is 0 Å². The van der Waals surface area contributed by atoms with E-state index in [-0.39, 0.29) is 23.7 Å². The Hall–Kier alpha value is -2.28. The molecule has 0 atom stereocenters. The second kappa shape index (κ2) is 8.80. The molecule has 0 aliphatic carbocycles. The minimum absolute atomic E-state index is 0.198. The van der Waals surface area contributed by atoms with Gasteiger partial charge in [-0.2, -0.15) is 0 Å². The number of rotatable bonds is 10. The summed E-state index contributed by atoms with van der Waals surface area (Å²) in [6.07, 6.45) is 1.57. The van der Waals surface area contributed by atoms with Crippen LogP contribution in [0.1, 0.15) is 23.2 Å². The molecule has 116 valence electrons. The number of nitrogens with two attached hydrogens (primary N) is 2. The summed E-state index contributed by atoms with van der Waals surface area (Å²) in [7, 11) is 1.62. The van der Waals surface area contributed by atoms with E-state index in [0.29, 0.717) is 13.2 Å². The molecule has 0 spiro atoms. The molecule has 0 fully saturated rings. The SMILES string of the molecule is COCCCCOc1c(OCC(N)=O)cccc1C(N)=O. The van der Waals surface area contributed by atoms with E-state index in [1.165, 1.54) is 6.07 Å². The van der Waals surface area contributed by atoms with Gasteiger partial charge in [0.15, 0.2) is 18.1 Å². The van der Waals surface area contributed by atoms with Crippen molar-refractivity contribution in [3.05, 3.63) is 23.8 Å². The van der Waals surface area contributed by atoms with Gasteiger partial charge >= 0.3 is 0 Å². The predicted molar refractivity (Wildman–Crippen MR) is 76.3 cm³/mol. The second-order valence-corrected chi connectivity index (χ2v) is 4.30. The highest BCUT2D eigenvalue weighted by Crippen LogP contribution is 2.31. The zero-order valence-corrected chi connectivity index (χ0v) is 12.0. The van der Waals surface area contributed by atoms with E-state index in [1.807, 2.05) is 0 Å². The molecular weight excluding hydrogens is 276 g/mol. The van der Waals surface area contributed by atoms with Crippen LogP contribution in [0.3, 0.4) is 0 Å². The summed E-state index contributed by atoms with van der Waals surface area (Å²) in [4.78, 5) is 22.2. The van der Waals surface area contributed by atoms with E-state index in [4.69, 9.17) is 25.7 Å². The van der Waals surface area contributed by atoms with Crippen molar-refractivity contribution in [1.29, 1.82) is 0 Å². The summed E-state index contributed by atoms with van der Waals surface area (Å²) < 4.78 is 15.7. The Morgan fingerprint density at radius 1 is 1.10 bits per heavy atom. The lowest BCUT2D eigenvalue weighted by molar-refractivity contribution is -0.119. The van der Waals surface area contributed by atoms with Gasteiger partial charge in [0.1, 0.15) is 0 Å². The molecule has 0 unspecified atom stereocenters. The van der Waals surface area contributed by atoms with Gasteiger partial charge in [0.05, 0.1) is 12.2 Å². The first-order valence-corrected chi connectivity index (χ1v) is 6.52. The van der Waals surface area contributed by atoms with Crippen LogP contribution >= 0.6 is 0 Å². The molecule has 1 aromatic rings. The average molecular weight is 296 g/mol. The Bertz CT molecular complexity index is 490. The number of benzene rings is 1. The highest BCUT2D eigenvalue weighted by Gasteiger charge is 2.15. The van der Waals surface area contributed by atoms with Crippen molar-refractivity contribution in [3.8, 4) is 11.5 Å². The van der Waals surface area contributed by atoms with E-state index < -0.39 is 11.8 Å². The molecule has 4 N–H and O–H groups in total. The molecule has 7 nitrogen and oxygen atoms in total. The van der Waals surface area contributed by atoms with Gasteiger partial charge in [0.2, 0.25) is 0 Å². The lowest BCUT2D eigenvalue weighted by Crippen LogP contribution is -2.21. The van der Waals surface area contributed by atoms with Gasteiger partial charge in [-0.1, -0.05) is 6.07 Å². The van der Waals surface area contributed by atoms with Crippen molar-refractivity contribution in [1.82, 2.24) is 0 Å². The van der Waals surface area contributed by atoms with Crippen molar-refractivity contribution < 1.29 is 23.8 Å². The molecule has 7 heteroatoms. The van der Waals surface area contributed by atoms with Crippen molar-refractivity contribution >= 4 is 11.8 Å². The summed E-state index contributed by atoms with van der Waals surface area (Å²) >= 11 is 0. The smallest absolute Gasteiger partial charge is 0.255 e. The van der Waals surface area contributed by atoms with Gasteiger partial charge in [-0.3, -0.25) is 9.59 Å². The summed E-state index contributed by atoms with van der Waals surface area (Å²) in [5, 5.41) is 0. The third-order valence-corrected chi connectivity index (χ3v) is 2.60. The summed E-state index contributed by atoms with van der Waals surface area (Å²) in [5.41, 5.74) is 10.5. The minimum Gasteiger partial charge on any atom is -0.489 e. The van der Waals surface area contributed by atoms with Crippen LogP contribution < -0.4 is 20.9 Å². The van der Waals surface area contributed by atoms with Crippen molar-refractivity contribution in [2.24, 2.45) is 11.5 Å². The number of hydrogen-bond donors (Lipinski definition) is 2. The van der Waals surface area contributed by atoms with E-state index in [9.17, 15) is 9.59 Å². The van der Waals surface area contributed by atoms with Crippen LogP contribution in [0.25, 0.3) is 0 Å². The van der Waals surface area contributed by atoms with Crippen molar-refractivity contribution in [2.75, 3.05) is 26.9 Å². The van der Waals surface area contributed by atoms with E-state index in [2.05, 4.69) is 0 Å². The first-order chi connectivity index (χ1) is 10.1. The summed E-state index contributed by atoms with van der Waals surface area (Å²) in [6, 6.07) is 4.71. The summed E-state index contributed by atoms with van der Waals surface area (Å²) in [5.74, 6) is -0.766. The number of hydrogen-bond acceptors (Lipinski definition) is 5. The lowest BCUT2D eigenvalue weighted by Gasteiger charge is -2.14. The monoisotopic (exact) mass is 296 g/mol. The second-order valence-electron chi connectivity index (χ2n) is 4.30. The number of amides is 2. The first-order valence-electron chi connectivity index (χ1n) is 6.52. The Morgan fingerprint density at radius 2 is 1.81 bits per heavy atom. The van der Waals surface area contributed by atoms with Crippen molar-refractivity contribution in [3.63, 3.8) is 0 Å². The van der Waals surface area contributed by atoms with Gasteiger partial charge in [0.25, 0.3) is 11.8 Å². The number of unbranched alkanes of at least 4 members (excludes halogenated alkanes) is 1. The van der Waals surface area contributed by atoms with Crippen LogP contribution in [0.15, 0.2) is 18.2 Å². The van der Waals surface area contributed by atoms with Gasteiger partial charge in [-0.15, -0.1) is 0 Å². The van der Waals surface area contributed by atoms with E-state index in [0.717, 1.165) is 12.8 Å². The molecule has 1 aromatic carbocycles.